The first-order valence-electron chi connectivity index (χ1n) is 4.09. The quantitative estimate of drug-likeness (QED) is 0.728. The lowest BCUT2D eigenvalue weighted by Crippen LogP contribution is -2.17. The minimum atomic E-state index is -3.26. The average molecular weight is 198 g/mol. The predicted octanol–water partition coefficient (Wildman–Crippen LogP) is 1.14. The van der Waals surface area contributed by atoms with E-state index in [0.717, 1.165) is 5.56 Å². The molecule has 0 N–H and O–H groups in total. The maximum absolute atomic E-state index is 11.2. The van der Waals surface area contributed by atoms with Gasteiger partial charge in [0.1, 0.15) is 0 Å². The topological polar surface area (TPSA) is 48.2 Å². The fourth-order valence-corrected chi connectivity index (χ4v) is 2.13. The van der Waals surface area contributed by atoms with Crippen molar-refractivity contribution < 1.29 is 8.42 Å². The summed E-state index contributed by atoms with van der Waals surface area (Å²) in [7, 11) is -3.26. The molecule has 0 atom stereocenters. The molecule has 0 spiro atoms. The summed E-state index contributed by atoms with van der Waals surface area (Å²) in [5.41, 5.74) is 0.778. The summed E-state index contributed by atoms with van der Waals surface area (Å²) in [5, 5.41) is 0. The van der Waals surface area contributed by atoms with E-state index in [1.165, 1.54) is 0 Å². The minimum Gasteiger partial charge on any atom is -0.211 e. The Morgan fingerprint density at radius 2 is 1.85 bits per heavy atom. The van der Waals surface area contributed by atoms with Crippen LogP contribution >= 0.6 is 0 Å². The lowest BCUT2D eigenvalue weighted by atomic mass is 10.2. The Morgan fingerprint density at radius 1 is 1.23 bits per heavy atom. The Kier molecular flexibility index (Phi) is 3.45. The standard InChI is InChI=1S/C9H12NO2S/c1-2-10-13(11,12)8-9-6-4-3-5-7-9/h3-7H,2,8H2,1H3. The molecule has 1 rings (SSSR count). The summed E-state index contributed by atoms with van der Waals surface area (Å²) in [5.74, 6) is 0.00167. The third-order valence-electron chi connectivity index (χ3n) is 1.52. The minimum absolute atomic E-state index is 0.00167. The maximum Gasteiger partial charge on any atom is 0.232 e. The van der Waals surface area contributed by atoms with Crippen LogP contribution in [0.4, 0.5) is 0 Å². The molecular weight excluding hydrogens is 186 g/mol. The number of hydrogen-bond donors (Lipinski definition) is 0. The van der Waals surface area contributed by atoms with Crippen molar-refractivity contribution in [1.29, 1.82) is 0 Å². The highest BCUT2D eigenvalue weighted by Gasteiger charge is 2.10. The summed E-state index contributed by atoms with van der Waals surface area (Å²) < 4.78 is 26.0. The molecule has 0 aliphatic heterocycles. The van der Waals surface area contributed by atoms with E-state index >= 15 is 0 Å². The molecule has 0 bridgehead atoms. The summed E-state index contributed by atoms with van der Waals surface area (Å²) >= 11 is 0. The van der Waals surface area contributed by atoms with Gasteiger partial charge >= 0.3 is 0 Å². The Morgan fingerprint density at radius 3 is 2.38 bits per heavy atom. The molecule has 0 aliphatic rings. The van der Waals surface area contributed by atoms with Crippen LogP contribution in [0.25, 0.3) is 0 Å². The molecular formula is C9H12NO2S. The van der Waals surface area contributed by atoms with E-state index in [2.05, 4.69) is 4.72 Å². The molecule has 0 saturated carbocycles. The van der Waals surface area contributed by atoms with Crippen LogP contribution in [0.15, 0.2) is 30.3 Å². The van der Waals surface area contributed by atoms with Gasteiger partial charge in [-0.1, -0.05) is 30.3 Å². The Bertz CT molecular complexity index is 345. The van der Waals surface area contributed by atoms with Crippen LogP contribution in [0, 0.1) is 0 Å². The summed E-state index contributed by atoms with van der Waals surface area (Å²) in [6.45, 7) is 2.03. The Hall–Kier alpha value is -0.870. The van der Waals surface area contributed by atoms with Crippen LogP contribution in [0.3, 0.4) is 0 Å². The van der Waals surface area contributed by atoms with E-state index in [4.69, 9.17) is 0 Å². The number of benzene rings is 1. The molecule has 1 aromatic rings. The van der Waals surface area contributed by atoms with Crippen molar-refractivity contribution in [3.63, 3.8) is 0 Å². The SMILES string of the molecule is CC[N]S(=O)(=O)Cc1ccccc1. The van der Waals surface area contributed by atoms with Crippen LogP contribution < -0.4 is 4.72 Å². The molecule has 0 amide bonds. The number of rotatable bonds is 4. The van der Waals surface area contributed by atoms with Gasteiger partial charge in [0.25, 0.3) is 0 Å². The van der Waals surface area contributed by atoms with Gasteiger partial charge in [0.2, 0.25) is 10.0 Å². The van der Waals surface area contributed by atoms with Crippen molar-refractivity contribution in [2.24, 2.45) is 0 Å². The molecule has 1 aromatic carbocycles. The van der Waals surface area contributed by atoms with Crippen molar-refractivity contribution in [2.75, 3.05) is 6.54 Å². The molecule has 0 aromatic heterocycles. The summed E-state index contributed by atoms with van der Waals surface area (Å²) in [6.07, 6.45) is 0. The van der Waals surface area contributed by atoms with Gasteiger partial charge in [-0.15, -0.1) is 4.72 Å². The van der Waals surface area contributed by atoms with Crippen molar-refractivity contribution in [3.8, 4) is 0 Å². The lowest BCUT2D eigenvalue weighted by Gasteiger charge is -2.01. The summed E-state index contributed by atoms with van der Waals surface area (Å²) in [6, 6.07) is 9.05. The van der Waals surface area contributed by atoms with Gasteiger partial charge < -0.3 is 0 Å². The third-order valence-corrected chi connectivity index (χ3v) is 2.87. The second-order valence-electron chi connectivity index (χ2n) is 2.66. The second-order valence-corrected chi connectivity index (χ2v) is 4.37. The third kappa shape index (κ3) is 3.57. The first-order chi connectivity index (χ1) is 6.14. The lowest BCUT2D eigenvalue weighted by molar-refractivity contribution is 0.581. The van der Waals surface area contributed by atoms with Gasteiger partial charge in [-0.05, 0) is 12.5 Å². The smallest absolute Gasteiger partial charge is 0.211 e. The first-order valence-corrected chi connectivity index (χ1v) is 5.70. The van der Waals surface area contributed by atoms with Gasteiger partial charge in [-0.2, -0.15) is 0 Å². The number of nitrogens with zero attached hydrogens (tertiary/aromatic N) is 1. The normalized spacial score (nSPS) is 11.5. The van der Waals surface area contributed by atoms with Crippen LogP contribution in [0.1, 0.15) is 12.5 Å². The highest BCUT2D eigenvalue weighted by molar-refractivity contribution is 7.88. The molecule has 0 fully saturated rings. The van der Waals surface area contributed by atoms with Gasteiger partial charge in [-0.25, -0.2) is 8.42 Å². The second kappa shape index (κ2) is 4.39. The van der Waals surface area contributed by atoms with Crippen molar-refractivity contribution >= 4 is 10.0 Å². The fourth-order valence-electron chi connectivity index (χ4n) is 1.03. The van der Waals surface area contributed by atoms with Crippen LogP contribution in [0.5, 0.6) is 0 Å². The zero-order valence-electron chi connectivity index (χ0n) is 7.47. The largest absolute Gasteiger partial charge is 0.232 e. The van der Waals surface area contributed by atoms with Gasteiger partial charge in [-0.3, -0.25) is 0 Å². The van der Waals surface area contributed by atoms with E-state index in [1.54, 1.807) is 19.1 Å². The van der Waals surface area contributed by atoms with Crippen molar-refractivity contribution in [1.82, 2.24) is 4.72 Å². The monoisotopic (exact) mass is 198 g/mol. The molecule has 1 radical (unpaired) electrons. The number of sulfonamides is 1. The zero-order valence-corrected chi connectivity index (χ0v) is 8.29. The van der Waals surface area contributed by atoms with Gasteiger partial charge in [0.15, 0.2) is 0 Å². The molecule has 0 unspecified atom stereocenters. The number of hydrogen-bond acceptors (Lipinski definition) is 2. The van der Waals surface area contributed by atoms with E-state index in [-0.39, 0.29) is 5.75 Å². The highest BCUT2D eigenvalue weighted by Crippen LogP contribution is 2.04. The molecule has 3 nitrogen and oxygen atoms in total. The van der Waals surface area contributed by atoms with Gasteiger partial charge in [0, 0.05) is 6.54 Å². The van der Waals surface area contributed by atoms with E-state index in [0.29, 0.717) is 6.54 Å². The molecule has 13 heavy (non-hydrogen) atoms. The van der Waals surface area contributed by atoms with Crippen molar-refractivity contribution in [3.05, 3.63) is 35.9 Å². The Balaban J connectivity index is 2.70. The summed E-state index contributed by atoms with van der Waals surface area (Å²) in [4.78, 5) is 0. The Labute approximate surface area is 78.8 Å². The molecule has 0 saturated heterocycles. The van der Waals surface area contributed by atoms with E-state index < -0.39 is 10.0 Å². The predicted molar refractivity (Wildman–Crippen MR) is 51.7 cm³/mol. The molecule has 0 aliphatic carbocycles. The molecule has 4 heteroatoms. The molecule has 0 heterocycles. The fraction of sp³-hybridized carbons (Fsp3) is 0.333. The first kappa shape index (κ1) is 10.2. The van der Waals surface area contributed by atoms with Crippen molar-refractivity contribution in [2.45, 2.75) is 12.7 Å². The zero-order chi connectivity index (χ0) is 9.73. The van der Waals surface area contributed by atoms with Crippen LogP contribution in [-0.4, -0.2) is 15.0 Å². The molecule has 71 valence electrons. The van der Waals surface area contributed by atoms with E-state index in [9.17, 15) is 8.42 Å². The van der Waals surface area contributed by atoms with Crippen LogP contribution in [-0.2, 0) is 15.8 Å². The van der Waals surface area contributed by atoms with Crippen LogP contribution in [0.2, 0.25) is 0 Å². The highest BCUT2D eigenvalue weighted by atomic mass is 32.2. The maximum atomic E-state index is 11.2. The van der Waals surface area contributed by atoms with E-state index in [1.807, 2.05) is 18.2 Å². The van der Waals surface area contributed by atoms with Gasteiger partial charge in [0.05, 0.1) is 5.75 Å². The average Bonchev–Trinajstić information content (AvgIpc) is 2.04.